The third kappa shape index (κ3) is 6.14. The van der Waals surface area contributed by atoms with Gasteiger partial charge in [-0.25, -0.2) is 9.59 Å². The fourth-order valence-corrected chi connectivity index (χ4v) is 0.851. The number of ether oxygens (including phenoxy) is 2. The Bertz CT molecular complexity index is 224. The van der Waals surface area contributed by atoms with E-state index < -0.39 is 23.8 Å². The summed E-state index contributed by atoms with van der Waals surface area (Å²) in [5.74, 6) is -0.770. The van der Waals surface area contributed by atoms with Gasteiger partial charge in [0, 0.05) is 4.43 Å². The van der Waals surface area contributed by atoms with Crippen LogP contribution in [0.3, 0.4) is 0 Å². The van der Waals surface area contributed by atoms with E-state index in [0.29, 0.717) is 4.43 Å². The van der Waals surface area contributed by atoms with Crippen LogP contribution < -0.4 is 5.73 Å². The molecule has 0 amide bonds. The van der Waals surface area contributed by atoms with Crippen molar-refractivity contribution in [3.8, 4) is 0 Å². The van der Waals surface area contributed by atoms with Crippen molar-refractivity contribution in [2.24, 2.45) is 5.73 Å². The number of alkyl halides is 1. The number of rotatable bonds is 2. The van der Waals surface area contributed by atoms with Crippen LogP contribution in [0.25, 0.3) is 0 Å². The Labute approximate surface area is 96.4 Å². The maximum atomic E-state index is 11.0. The van der Waals surface area contributed by atoms with Gasteiger partial charge < -0.3 is 15.2 Å². The van der Waals surface area contributed by atoms with Gasteiger partial charge in [0.1, 0.15) is 11.6 Å². The van der Waals surface area contributed by atoms with E-state index in [1.54, 1.807) is 20.8 Å². The van der Waals surface area contributed by atoms with Gasteiger partial charge in [0.2, 0.25) is 0 Å². The van der Waals surface area contributed by atoms with Crippen molar-refractivity contribution in [3.05, 3.63) is 0 Å². The Morgan fingerprint density at radius 3 is 2.29 bits per heavy atom. The Kier molecular flexibility index (Phi) is 5.35. The highest BCUT2D eigenvalue weighted by atomic mass is 127. The molecule has 0 aliphatic carbocycles. The smallest absolute Gasteiger partial charge is 0.428 e. The van der Waals surface area contributed by atoms with E-state index in [1.165, 1.54) is 0 Å². The second-order valence-electron chi connectivity index (χ2n) is 3.65. The van der Waals surface area contributed by atoms with Gasteiger partial charge in [0.25, 0.3) is 0 Å². The average Bonchev–Trinajstić information content (AvgIpc) is 1.99. The largest absolute Gasteiger partial charge is 0.516 e. The molecule has 0 heterocycles. The van der Waals surface area contributed by atoms with E-state index in [-0.39, 0.29) is 0 Å². The molecule has 0 aliphatic rings. The van der Waals surface area contributed by atoms with Crippen LogP contribution in [0.15, 0.2) is 0 Å². The van der Waals surface area contributed by atoms with Gasteiger partial charge in [-0.2, -0.15) is 0 Å². The molecule has 6 heteroatoms. The number of nitrogens with two attached hydrogens (primary N) is 1. The summed E-state index contributed by atoms with van der Waals surface area (Å²) in [6, 6.07) is -0.789. The van der Waals surface area contributed by atoms with Crippen LogP contribution in [0, 0.1) is 0 Å². The van der Waals surface area contributed by atoms with Crippen molar-refractivity contribution in [1.82, 2.24) is 0 Å². The number of hydrogen-bond donors (Lipinski definition) is 1. The van der Waals surface area contributed by atoms with Gasteiger partial charge in [-0.1, -0.05) is 22.6 Å². The molecule has 0 fully saturated rings. The van der Waals surface area contributed by atoms with Crippen molar-refractivity contribution < 1.29 is 19.1 Å². The van der Waals surface area contributed by atoms with Crippen molar-refractivity contribution in [3.63, 3.8) is 0 Å². The number of esters is 1. The first kappa shape index (κ1) is 13.6. The van der Waals surface area contributed by atoms with Crippen molar-refractivity contribution in [1.29, 1.82) is 0 Å². The van der Waals surface area contributed by atoms with Crippen LogP contribution >= 0.6 is 22.6 Å². The number of hydrogen-bond acceptors (Lipinski definition) is 5. The summed E-state index contributed by atoms with van der Waals surface area (Å²) in [4.78, 5) is 22.0. The van der Waals surface area contributed by atoms with E-state index in [1.807, 2.05) is 22.6 Å². The lowest BCUT2D eigenvalue weighted by Gasteiger charge is -2.18. The lowest BCUT2D eigenvalue weighted by atomic mass is 10.2. The Morgan fingerprint density at radius 2 is 1.93 bits per heavy atom. The predicted octanol–water partition coefficient (Wildman–Crippen LogP) is 1.23. The van der Waals surface area contributed by atoms with Crippen LogP contribution in [0.1, 0.15) is 20.8 Å². The molecular weight excluding hydrogens is 301 g/mol. The summed E-state index contributed by atoms with van der Waals surface area (Å²) in [5.41, 5.74) is 4.66. The molecule has 0 aromatic carbocycles. The molecule has 0 spiro atoms. The summed E-state index contributed by atoms with van der Waals surface area (Å²) < 4.78 is 9.50. The molecule has 2 N–H and O–H groups in total. The number of carbonyl (C=O) groups is 2. The zero-order valence-electron chi connectivity index (χ0n) is 8.37. The molecule has 0 radical (unpaired) electrons. The lowest BCUT2D eigenvalue weighted by Crippen LogP contribution is -2.36. The molecule has 0 bridgehead atoms. The molecule has 0 rings (SSSR count). The first-order valence-electron chi connectivity index (χ1n) is 4.02. The summed E-state index contributed by atoms with van der Waals surface area (Å²) in [5, 5.41) is 0. The molecule has 1 atom stereocenters. The highest BCUT2D eigenvalue weighted by Crippen LogP contribution is 2.08. The van der Waals surface area contributed by atoms with Gasteiger partial charge in [0.05, 0.1) is 0 Å². The lowest BCUT2D eigenvalue weighted by molar-refractivity contribution is -0.142. The van der Waals surface area contributed by atoms with Gasteiger partial charge in [0.15, 0.2) is 0 Å². The van der Waals surface area contributed by atoms with Crippen molar-refractivity contribution >= 4 is 34.7 Å². The van der Waals surface area contributed by atoms with E-state index in [9.17, 15) is 9.59 Å². The van der Waals surface area contributed by atoms with E-state index in [0.717, 1.165) is 0 Å². The van der Waals surface area contributed by atoms with Crippen LogP contribution in [0.4, 0.5) is 4.79 Å². The Hall–Kier alpha value is -0.370. The quantitative estimate of drug-likeness (QED) is 0.359. The Morgan fingerprint density at radius 1 is 1.43 bits per heavy atom. The van der Waals surface area contributed by atoms with Gasteiger partial charge in [-0.3, -0.25) is 0 Å². The van der Waals surface area contributed by atoms with Gasteiger partial charge >= 0.3 is 12.1 Å². The predicted molar refractivity (Wildman–Crippen MR) is 59.2 cm³/mol. The molecule has 0 aliphatic heterocycles. The minimum atomic E-state index is -1.01. The molecule has 82 valence electrons. The highest BCUT2D eigenvalue weighted by Gasteiger charge is 2.22. The molecule has 0 saturated heterocycles. The Balaban J connectivity index is 4.02. The SMILES string of the molecule is CC(C)(C)OC(=O)OC(=O)[C@H](N)CI. The van der Waals surface area contributed by atoms with Crippen LogP contribution in [0.2, 0.25) is 0 Å². The molecule has 0 aromatic rings. The molecule has 14 heavy (non-hydrogen) atoms. The second kappa shape index (κ2) is 5.50. The molecule has 0 unspecified atom stereocenters. The number of halogens is 1. The number of carbonyl (C=O) groups excluding carboxylic acids is 2. The average molecular weight is 315 g/mol. The summed E-state index contributed by atoms with van der Waals surface area (Å²) in [6.07, 6.45) is -1.01. The molecule has 5 nitrogen and oxygen atoms in total. The maximum Gasteiger partial charge on any atom is 0.516 e. The van der Waals surface area contributed by atoms with Crippen molar-refractivity contribution in [2.75, 3.05) is 4.43 Å². The summed E-state index contributed by atoms with van der Waals surface area (Å²) in [7, 11) is 0. The molecule has 0 aromatic heterocycles. The van der Waals surface area contributed by atoms with E-state index in [4.69, 9.17) is 10.5 Å². The monoisotopic (exact) mass is 315 g/mol. The van der Waals surface area contributed by atoms with Crippen molar-refractivity contribution in [2.45, 2.75) is 32.4 Å². The maximum absolute atomic E-state index is 11.0. The zero-order chi connectivity index (χ0) is 11.4. The summed E-state index contributed by atoms with van der Waals surface area (Å²) >= 11 is 1.93. The van der Waals surface area contributed by atoms with Gasteiger partial charge in [-0.15, -0.1) is 0 Å². The molecule has 0 saturated carbocycles. The topological polar surface area (TPSA) is 78.6 Å². The van der Waals surface area contributed by atoms with E-state index in [2.05, 4.69) is 4.74 Å². The summed E-state index contributed by atoms with van der Waals surface area (Å²) in [6.45, 7) is 5.03. The minimum absolute atomic E-state index is 0.388. The minimum Gasteiger partial charge on any atom is -0.428 e. The van der Waals surface area contributed by atoms with Crippen LogP contribution in [-0.4, -0.2) is 28.2 Å². The van der Waals surface area contributed by atoms with Crippen LogP contribution in [-0.2, 0) is 14.3 Å². The molecular formula is C8H14INO4. The third-order valence-corrected chi connectivity index (χ3v) is 1.99. The van der Waals surface area contributed by atoms with E-state index >= 15 is 0 Å². The standard InChI is InChI=1S/C8H14INO4/c1-8(2,3)14-7(12)13-6(11)5(10)4-9/h5H,4,10H2,1-3H3/t5-/m1/s1. The fourth-order valence-electron chi connectivity index (χ4n) is 0.492. The van der Waals surface area contributed by atoms with Crippen LogP contribution in [0.5, 0.6) is 0 Å². The highest BCUT2D eigenvalue weighted by molar-refractivity contribution is 14.1. The first-order chi connectivity index (χ1) is 6.26. The normalized spacial score (nSPS) is 13.2. The third-order valence-electron chi connectivity index (χ3n) is 1.04. The second-order valence-corrected chi connectivity index (χ2v) is 4.53. The van der Waals surface area contributed by atoms with Gasteiger partial charge in [-0.05, 0) is 20.8 Å². The first-order valence-corrected chi connectivity index (χ1v) is 5.55. The fraction of sp³-hybridized carbons (Fsp3) is 0.750. The zero-order valence-corrected chi connectivity index (χ0v) is 10.5.